The molecule has 1 heterocycles. The molecule has 14 heavy (non-hydrogen) atoms. The van der Waals surface area contributed by atoms with Gasteiger partial charge in [-0.3, -0.25) is 4.70 Å². The van der Waals surface area contributed by atoms with Gasteiger partial charge in [0, 0.05) is 15.8 Å². The molecule has 76 valence electrons. The summed E-state index contributed by atoms with van der Waals surface area (Å²) < 4.78 is 0. The largest absolute Gasteiger partial charge is 0.375 e. The van der Waals surface area contributed by atoms with Gasteiger partial charge in [0.05, 0.1) is 5.69 Å². The van der Waals surface area contributed by atoms with E-state index in [0.29, 0.717) is 5.13 Å². The minimum absolute atomic E-state index is 0. The Morgan fingerprint density at radius 3 is 3.14 bits per heavy atom. The van der Waals surface area contributed by atoms with Crippen LogP contribution < -0.4 is 5.73 Å². The van der Waals surface area contributed by atoms with Crippen molar-refractivity contribution in [2.75, 3.05) is 5.73 Å². The van der Waals surface area contributed by atoms with Crippen molar-refractivity contribution in [3.8, 4) is 0 Å². The lowest BCUT2D eigenvalue weighted by molar-refractivity contribution is 0.573. The average Bonchev–Trinajstić information content (AvgIpc) is 2.44. The first-order valence-corrected chi connectivity index (χ1v) is 4.89. The van der Waals surface area contributed by atoms with Crippen molar-refractivity contribution in [3.05, 3.63) is 21.0 Å². The summed E-state index contributed by atoms with van der Waals surface area (Å²) >= 11 is 1.50. The Morgan fingerprint density at radius 1 is 1.64 bits per heavy atom. The number of nitrogen functional groups attached to an aromatic ring is 1. The maximum atomic E-state index is 8.29. The van der Waals surface area contributed by atoms with Crippen LogP contribution in [0, 0.1) is 0 Å². The number of azide groups is 1. The number of nitrogens with two attached hydrogens (primary N) is 1. The molecule has 0 aromatic carbocycles. The highest BCUT2D eigenvalue weighted by Gasteiger charge is 2.20. The second-order valence-electron chi connectivity index (χ2n) is 3.02. The van der Waals surface area contributed by atoms with Crippen LogP contribution in [-0.4, -0.2) is 11.0 Å². The first kappa shape index (κ1) is 10.7. The molecule has 2 rings (SSSR count). The van der Waals surface area contributed by atoms with Crippen LogP contribution >= 0.6 is 11.3 Å². The summed E-state index contributed by atoms with van der Waals surface area (Å²) in [6.07, 6.45) is 2.57. The summed E-state index contributed by atoms with van der Waals surface area (Å²) in [5.74, 6) is 0. The first-order valence-electron chi connectivity index (χ1n) is 4.08. The normalized spacial score (nSPS) is 19.0. The lowest BCUT2D eigenvalue weighted by Gasteiger charge is -2.15. The zero-order valence-corrected chi connectivity index (χ0v) is 8.20. The van der Waals surface area contributed by atoms with Gasteiger partial charge in [-0.05, 0) is 24.8 Å². The molecule has 2 N–H and O–H groups in total. The van der Waals surface area contributed by atoms with Crippen molar-refractivity contribution in [1.29, 1.82) is 0 Å². The van der Waals surface area contributed by atoms with Crippen molar-refractivity contribution >= 4 is 16.5 Å². The van der Waals surface area contributed by atoms with Gasteiger partial charge < -0.3 is 5.73 Å². The van der Waals surface area contributed by atoms with E-state index in [2.05, 4.69) is 15.0 Å². The zero-order valence-electron chi connectivity index (χ0n) is 7.38. The van der Waals surface area contributed by atoms with Crippen molar-refractivity contribution in [2.24, 2.45) is 5.11 Å². The summed E-state index contributed by atoms with van der Waals surface area (Å²) in [6.45, 7) is 0. The predicted octanol–water partition coefficient (Wildman–Crippen LogP) is 2.05. The number of rotatable bonds is 1. The molecule has 1 unspecified atom stereocenters. The van der Waals surface area contributed by atoms with Gasteiger partial charge in [0.25, 0.3) is 0 Å². The molecule has 7 heteroatoms. The third-order valence-corrected chi connectivity index (χ3v) is 3.09. The van der Waals surface area contributed by atoms with Crippen LogP contribution in [0.1, 0.15) is 17.0 Å². The Labute approximate surface area is 83.9 Å². The highest BCUT2D eigenvalue weighted by Crippen LogP contribution is 2.29. The first-order chi connectivity index (χ1) is 6.29. The number of aromatic nitrogens is 1. The molecule has 1 aromatic rings. The number of anilines is 1. The van der Waals surface area contributed by atoms with E-state index in [9.17, 15) is 0 Å². The molecule has 0 saturated heterocycles. The van der Waals surface area contributed by atoms with E-state index in [4.69, 9.17) is 11.3 Å². The Bertz CT molecular complexity index is 370. The SMILES string of the molecule is F.[N-]=[N+]=NC1CCc2nc(N)sc2C1. The van der Waals surface area contributed by atoms with E-state index >= 15 is 0 Å². The third-order valence-electron chi connectivity index (χ3n) is 2.15. The van der Waals surface area contributed by atoms with Gasteiger partial charge in [-0.1, -0.05) is 5.11 Å². The molecular formula is C7H10FN5S. The predicted molar refractivity (Wildman–Crippen MR) is 54.0 cm³/mol. The molecule has 0 saturated carbocycles. The topological polar surface area (TPSA) is 87.7 Å². The number of thiazole rings is 1. The molecule has 1 atom stereocenters. The fraction of sp³-hybridized carbons (Fsp3) is 0.571. The highest BCUT2D eigenvalue weighted by molar-refractivity contribution is 7.15. The molecule has 1 aliphatic carbocycles. The van der Waals surface area contributed by atoms with E-state index in [1.54, 1.807) is 0 Å². The summed E-state index contributed by atoms with van der Waals surface area (Å²) in [5.41, 5.74) is 15.0. The van der Waals surface area contributed by atoms with E-state index < -0.39 is 0 Å². The second kappa shape index (κ2) is 4.26. The molecular weight excluding hydrogens is 205 g/mol. The molecule has 1 aliphatic rings. The molecule has 0 spiro atoms. The van der Waals surface area contributed by atoms with Crippen LogP contribution in [0.2, 0.25) is 0 Å². The summed E-state index contributed by atoms with van der Waals surface area (Å²) in [4.78, 5) is 8.21. The lowest BCUT2D eigenvalue weighted by Crippen LogP contribution is -2.15. The minimum Gasteiger partial charge on any atom is -0.375 e. The monoisotopic (exact) mass is 215 g/mol. The van der Waals surface area contributed by atoms with Gasteiger partial charge in [-0.15, -0.1) is 11.3 Å². The van der Waals surface area contributed by atoms with Crippen molar-refractivity contribution in [1.82, 2.24) is 4.98 Å². The van der Waals surface area contributed by atoms with Gasteiger partial charge in [-0.25, -0.2) is 4.98 Å². The van der Waals surface area contributed by atoms with Crippen LogP contribution in [0.15, 0.2) is 5.11 Å². The van der Waals surface area contributed by atoms with Crippen LogP contribution in [0.4, 0.5) is 9.84 Å². The Hall–Kier alpha value is -1.33. The van der Waals surface area contributed by atoms with Gasteiger partial charge in [0.2, 0.25) is 0 Å². The molecule has 0 radical (unpaired) electrons. The molecule has 0 fully saturated rings. The number of aryl methyl sites for hydroxylation is 1. The number of fused-ring (bicyclic) bond motifs is 1. The fourth-order valence-corrected chi connectivity index (χ4v) is 2.50. The van der Waals surface area contributed by atoms with Gasteiger partial charge >= 0.3 is 0 Å². The van der Waals surface area contributed by atoms with Gasteiger partial charge in [0.15, 0.2) is 5.13 Å². The number of hydrogen-bond acceptors (Lipinski definition) is 4. The molecule has 5 nitrogen and oxygen atoms in total. The van der Waals surface area contributed by atoms with Crippen molar-refractivity contribution < 1.29 is 4.70 Å². The Kier molecular flexibility index (Phi) is 3.27. The number of hydrogen-bond donors (Lipinski definition) is 1. The third kappa shape index (κ3) is 1.94. The minimum atomic E-state index is 0. The van der Waals surface area contributed by atoms with Crippen LogP contribution in [0.5, 0.6) is 0 Å². The summed E-state index contributed by atoms with van der Waals surface area (Å²) in [5, 5.41) is 4.33. The second-order valence-corrected chi connectivity index (χ2v) is 4.14. The average molecular weight is 215 g/mol. The van der Waals surface area contributed by atoms with Crippen LogP contribution in [0.3, 0.4) is 0 Å². The Morgan fingerprint density at radius 2 is 2.43 bits per heavy atom. The zero-order chi connectivity index (χ0) is 9.26. The molecule has 0 aliphatic heterocycles. The van der Waals surface area contributed by atoms with Gasteiger partial charge in [-0.2, -0.15) is 0 Å². The highest BCUT2D eigenvalue weighted by atomic mass is 32.1. The van der Waals surface area contributed by atoms with Crippen molar-refractivity contribution in [2.45, 2.75) is 25.3 Å². The standard InChI is InChI=1S/C7H9N5S.FH/c8-7-10-5-2-1-4(11-12-9)3-6(5)13-7;/h4H,1-3H2,(H2,8,10);1H. The quantitative estimate of drug-likeness (QED) is 0.441. The Balaban J connectivity index is 0.000000980. The van der Waals surface area contributed by atoms with E-state index in [1.807, 2.05) is 0 Å². The van der Waals surface area contributed by atoms with Crippen LogP contribution in [-0.2, 0) is 12.8 Å². The fourth-order valence-electron chi connectivity index (χ4n) is 1.55. The van der Waals surface area contributed by atoms with Crippen molar-refractivity contribution in [3.63, 3.8) is 0 Å². The lowest BCUT2D eigenvalue weighted by atomic mass is 9.99. The van der Waals surface area contributed by atoms with E-state index in [-0.39, 0.29) is 10.7 Å². The number of halogens is 1. The molecule has 0 bridgehead atoms. The van der Waals surface area contributed by atoms with E-state index in [0.717, 1.165) is 25.0 Å². The molecule has 0 amide bonds. The van der Waals surface area contributed by atoms with Crippen LogP contribution in [0.25, 0.3) is 10.4 Å². The molecule has 1 aromatic heterocycles. The number of nitrogens with zero attached hydrogens (tertiary/aromatic N) is 4. The summed E-state index contributed by atoms with van der Waals surface area (Å²) in [6, 6.07) is 0.0948. The summed E-state index contributed by atoms with van der Waals surface area (Å²) in [7, 11) is 0. The maximum Gasteiger partial charge on any atom is 0.180 e. The van der Waals surface area contributed by atoms with E-state index in [1.165, 1.54) is 16.2 Å². The van der Waals surface area contributed by atoms with Gasteiger partial charge in [0.1, 0.15) is 0 Å². The smallest absolute Gasteiger partial charge is 0.180 e. The maximum absolute atomic E-state index is 8.29.